The van der Waals surface area contributed by atoms with Crippen molar-refractivity contribution >= 4 is 5.96 Å². The third-order valence-corrected chi connectivity index (χ3v) is 4.38. The minimum atomic E-state index is 0.0621. The van der Waals surface area contributed by atoms with E-state index < -0.39 is 0 Å². The number of hydrogen-bond acceptors (Lipinski definition) is 2. The van der Waals surface area contributed by atoms with Crippen molar-refractivity contribution in [2.45, 2.75) is 52.6 Å². The standard InChI is InChI=1S/C22H32N4O/c1-3-4-14-23-22(25-18-20-12-10-19(2)11-13-20)24-15-6-8-17-26-16-7-5-9-21(26)27/h5,7,9-13,16H,3-4,6,8,14-15,17-18H2,1-2H3,(H2,23,24,25). The average molecular weight is 369 g/mol. The molecule has 5 nitrogen and oxygen atoms in total. The topological polar surface area (TPSA) is 58.4 Å². The molecule has 0 amide bonds. The smallest absolute Gasteiger partial charge is 0.250 e. The van der Waals surface area contributed by atoms with Gasteiger partial charge in [0.05, 0.1) is 6.54 Å². The van der Waals surface area contributed by atoms with Crippen LogP contribution in [0.15, 0.2) is 58.4 Å². The van der Waals surface area contributed by atoms with Gasteiger partial charge in [0.25, 0.3) is 0 Å². The predicted octanol–water partition coefficient (Wildman–Crippen LogP) is 3.47. The van der Waals surface area contributed by atoms with Gasteiger partial charge in [0.2, 0.25) is 5.56 Å². The third kappa shape index (κ3) is 8.11. The highest BCUT2D eigenvalue weighted by Crippen LogP contribution is 2.04. The van der Waals surface area contributed by atoms with Crippen molar-refractivity contribution in [1.29, 1.82) is 0 Å². The summed E-state index contributed by atoms with van der Waals surface area (Å²) in [6.07, 6.45) is 6.07. The summed E-state index contributed by atoms with van der Waals surface area (Å²) in [6.45, 7) is 7.46. The number of rotatable bonds is 10. The van der Waals surface area contributed by atoms with Crippen molar-refractivity contribution in [3.05, 3.63) is 70.1 Å². The number of aromatic nitrogens is 1. The molecule has 0 saturated heterocycles. The lowest BCUT2D eigenvalue weighted by Gasteiger charge is -2.13. The maximum atomic E-state index is 11.7. The SMILES string of the molecule is CCCCNC(=NCc1ccc(C)cc1)NCCCCn1ccccc1=O. The molecule has 146 valence electrons. The Labute approximate surface area is 162 Å². The first-order valence-corrected chi connectivity index (χ1v) is 9.92. The lowest BCUT2D eigenvalue weighted by atomic mass is 10.1. The summed E-state index contributed by atoms with van der Waals surface area (Å²) in [5.74, 6) is 0.862. The normalized spacial score (nSPS) is 11.4. The van der Waals surface area contributed by atoms with Crippen molar-refractivity contribution in [1.82, 2.24) is 15.2 Å². The first kappa shape index (κ1) is 20.7. The van der Waals surface area contributed by atoms with Gasteiger partial charge in [-0.2, -0.15) is 0 Å². The number of aliphatic imine (C=N–C) groups is 1. The van der Waals surface area contributed by atoms with Crippen LogP contribution in [0.2, 0.25) is 0 Å². The Morgan fingerprint density at radius 3 is 2.44 bits per heavy atom. The van der Waals surface area contributed by atoms with Crippen molar-refractivity contribution in [2.75, 3.05) is 13.1 Å². The van der Waals surface area contributed by atoms with E-state index in [9.17, 15) is 4.79 Å². The van der Waals surface area contributed by atoms with E-state index >= 15 is 0 Å². The van der Waals surface area contributed by atoms with E-state index in [1.807, 2.05) is 12.3 Å². The van der Waals surface area contributed by atoms with Gasteiger partial charge in [-0.05, 0) is 37.8 Å². The van der Waals surface area contributed by atoms with Crippen LogP contribution < -0.4 is 16.2 Å². The number of guanidine groups is 1. The lowest BCUT2D eigenvalue weighted by Crippen LogP contribution is -2.38. The second-order valence-electron chi connectivity index (χ2n) is 6.80. The fourth-order valence-electron chi connectivity index (χ4n) is 2.68. The zero-order valence-electron chi connectivity index (χ0n) is 16.6. The molecule has 0 aliphatic carbocycles. The molecule has 0 atom stereocenters. The molecule has 0 aliphatic rings. The third-order valence-electron chi connectivity index (χ3n) is 4.38. The van der Waals surface area contributed by atoms with Crippen LogP contribution in [0.25, 0.3) is 0 Å². The summed E-state index contributed by atoms with van der Waals surface area (Å²) in [7, 11) is 0. The predicted molar refractivity (Wildman–Crippen MR) is 113 cm³/mol. The van der Waals surface area contributed by atoms with E-state index in [-0.39, 0.29) is 5.56 Å². The number of pyridine rings is 1. The van der Waals surface area contributed by atoms with E-state index in [2.05, 4.69) is 48.7 Å². The number of unbranched alkanes of at least 4 members (excludes halogenated alkanes) is 2. The molecule has 0 radical (unpaired) electrons. The number of nitrogens with one attached hydrogen (secondary N) is 2. The molecular formula is C22H32N4O. The summed E-state index contributed by atoms with van der Waals surface area (Å²) in [4.78, 5) is 16.4. The summed E-state index contributed by atoms with van der Waals surface area (Å²) < 4.78 is 1.76. The largest absolute Gasteiger partial charge is 0.356 e. The Morgan fingerprint density at radius 1 is 1.00 bits per heavy atom. The monoisotopic (exact) mass is 368 g/mol. The van der Waals surface area contributed by atoms with Crippen LogP contribution in [0.5, 0.6) is 0 Å². The van der Waals surface area contributed by atoms with Crippen LogP contribution in [-0.2, 0) is 13.1 Å². The van der Waals surface area contributed by atoms with Crippen molar-refractivity contribution < 1.29 is 0 Å². The first-order valence-electron chi connectivity index (χ1n) is 9.92. The van der Waals surface area contributed by atoms with Crippen LogP contribution >= 0.6 is 0 Å². The van der Waals surface area contributed by atoms with Gasteiger partial charge in [-0.3, -0.25) is 4.79 Å². The molecule has 1 aromatic heterocycles. The zero-order valence-corrected chi connectivity index (χ0v) is 16.6. The van der Waals surface area contributed by atoms with Gasteiger partial charge in [-0.1, -0.05) is 49.2 Å². The van der Waals surface area contributed by atoms with E-state index in [0.717, 1.165) is 51.3 Å². The maximum absolute atomic E-state index is 11.7. The number of hydrogen-bond donors (Lipinski definition) is 2. The molecule has 0 spiro atoms. The molecule has 0 aliphatic heterocycles. The summed E-state index contributed by atoms with van der Waals surface area (Å²) in [5.41, 5.74) is 2.53. The first-order chi connectivity index (χ1) is 13.2. The van der Waals surface area contributed by atoms with Gasteiger partial charge in [0.1, 0.15) is 0 Å². The van der Waals surface area contributed by atoms with Crippen LogP contribution in [0.1, 0.15) is 43.7 Å². The van der Waals surface area contributed by atoms with Crippen molar-refractivity contribution in [3.8, 4) is 0 Å². The maximum Gasteiger partial charge on any atom is 0.250 e. The van der Waals surface area contributed by atoms with E-state index in [1.54, 1.807) is 16.7 Å². The molecule has 0 fully saturated rings. The zero-order chi connectivity index (χ0) is 19.3. The van der Waals surface area contributed by atoms with E-state index in [4.69, 9.17) is 4.99 Å². The molecule has 27 heavy (non-hydrogen) atoms. The van der Waals surface area contributed by atoms with Crippen LogP contribution in [0.3, 0.4) is 0 Å². The Hall–Kier alpha value is -2.56. The molecule has 2 N–H and O–H groups in total. The quantitative estimate of drug-likeness (QED) is 0.383. The molecule has 2 aromatic rings. The highest BCUT2D eigenvalue weighted by molar-refractivity contribution is 5.79. The van der Waals surface area contributed by atoms with Crippen LogP contribution in [0.4, 0.5) is 0 Å². The van der Waals surface area contributed by atoms with E-state index in [0.29, 0.717) is 6.54 Å². The minimum absolute atomic E-state index is 0.0621. The molecular weight excluding hydrogens is 336 g/mol. The Kier molecular flexibility index (Phi) is 9.18. The second-order valence-corrected chi connectivity index (χ2v) is 6.80. The summed E-state index contributed by atoms with van der Waals surface area (Å²) >= 11 is 0. The van der Waals surface area contributed by atoms with Crippen LogP contribution in [0, 0.1) is 6.92 Å². The summed E-state index contributed by atoms with van der Waals surface area (Å²) in [6, 6.07) is 13.8. The average Bonchev–Trinajstić information content (AvgIpc) is 2.68. The molecule has 0 bridgehead atoms. The number of aryl methyl sites for hydroxylation is 2. The summed E-state index contributed by atoms with van der Waals surface area (Å²) in [5, 5.41) is 6.82. The fourth-order valence-corrected chi connectivity index (χ4v) is 2.68. The Bertz CT molecular complexity index is 749. The minimum Gasteiger partial charge on any atom is -0.356 e. The fraction of sp³-hybridized carbons (Fsp3) is 0.455. The van der Waals surface area contributed by atoms with Gasteiger partial charge in [-0.25, -0.2) is 4.99 Å². The molecule has 0 saturated carbocycles. The molecule has 0 unspecified atom stereocenters. The van der Waals surface area contributed by atoms with E-state index in [1.165, 1.54) is 11.1 Å². The van der Waals surface area contributed by atoms with Crippen molar-refractivity contribution in [2.24, 2.45) is 4.99 Å². The molecule has 1 heterocycles. The Balaban J connectivity index is 1.78. The highest BCUT2D eigenvalue weighted by Gasteiger charge is 2.00. The van der Waals surface area contributed by atoms with Gasteiger partial charge in [0.15, 0.2) is 5.96 Å². The van der Waals surface area contributed by atoms with Gasteiger partial charge < -0.3 is 15.2 Å². The van der Waals surface area contributed by atoms with Gasteiger partial charge in [-0.15, -0.1) is 0 Å². The van der Waals surface area contributed by atoms with Gasteiger partial charge >= 0.3 is 0 Å². The molecule has 2 rings (SSSR count). The molecule has 5 heteroatoms. The van der Waals surface area contributed by atoms with Gasteiger partial charge in [0, 0.05) is 31.9 Å². The Morgan fingerprint density at radius 2 is 1.74 bits per heavy atom. The molecule has 1 aromatic carbocycles. The van der Waals surface area contributed by atoms with Crippen LogP contribution in [-0.4, -0.2) is 23.6 Å². The lowest BCUT2D eigenvalue weighted by molar-refractivity contribution is 0.584. The van der Waals surface area contributed by atoms with Crippen molar-refractivity contribution in [3.63, 3.8) is 0 Å². The number of nitrogens with zero attached hydrogens (tertiary/aromatic N) is 2. The number of benzene rings is 1. The second kappa shape index (κ2) is 11.9. The highest BCUT2D eigenvalue weighted by atomic mass is 16.1.